The van der Waals surface area contributed by atoms with Crippen LogP contribution in [0.4, 0.5) is 0 Å². The SMILES string of the molecule is COc1ccc(CC(=O)NC2CCN(C(=O)Cc3ccc(OC)c(OC)c3)CC2)cc1. The molecule has 0 bridgehead atoms. The highest BCUT2D eigenvalue weighted by atomic mass is 16.5. The number of nitrogens with one attached hydrogen (secondary N) is 1. The van der Waals surface area contributed by atoms with Gasteiger partial charge in [0, 0.05) is 19.1 Å². The molecule has 1 N–H and O–H groups in total. The van der Waals surface area contributed by atoms with Gasteiger partial charge in [0.15, 0.2) is 11.5 Å². The Morgan fingerprint density at radius 2 is 1.52 bits per heavy atom. The number of nitrogens with zero attached hydrogens (tertiary/aromatic N) is 1. The van der Waals surface area contributed by atoms with Gasteiger partial charge in [-0.05, 0) is 48.2 Å². The Bertz CT molecular complexity index is 889. The van der Waals surface area contributed by atoms with E-state index in [-0.39, 0.29) is 17.9 Å². The van der Waals surface area contributed by atoms with Crippen LogP contribution in [0.25, 0.3) is 0 Å². The summed E-state index contributed by atoms with van der Waals surface area (Å²) in [5.74, 6) is 2.11. The first-order valence-corrected chi connectivity index (χ1v) is 10.4. The minimum absolute atomic E-state index is 0.000251. The molecule has 1 fully saturated rings. The highest BCUT2D eigenvalue weighted by molar-refractivity contribution is 5.80. The summed E-state index contributed by atoms with van der Waals surface area (Å²) < 4.78 is 15.7. The summed E-state index contributed by atoms with van der Waals surface area (Å²) in [5.41, 5.74) is 1.83. The van der Waals surface area contributed by atoms with E-state index >= 15 is 0 Å². The largest absolute Gasteiger partial charge is 0.497 e. The highest BCUT2D eigenvalue weighted by Crippen LogP contribution is 2.28. The normalized spacial score (nSPS) is 14.1. The predicted octanol–water partition coefficient (Wildman–Crippen LogP) is 2.60. The summed E-state index contributed by atoms with van der Waals surface area (Å²) in [6.07, 6.45) is 2.16. The van der Waals surface area contributed by atoms with E-state index in [0.717, 1.165) is 29.7 Å². The molecule has 0 atom stereocenters. The van der Waals surface area contributed by atoms with Crippen LogP contribution >= 0.6 is 0 Å². The van der Waals surface area contributed by atoms with Crippen molar-refractivity contribution in [3.63, 3.8) is 0 Å². The Labute approximate surface area is 183 Å². The number of benzene rings is 2. The lowest BCUT2D eigenvalue weighted by atomic mass is 10.0. The molecule has 1 heterocycles. The zero-order valence-corrected chi connectivity index (χ0v) is 18.3. The summed E-state index contributed by atoms with van der Waals surface area (Å²) in [6, 6.07) is 13.1. The predicted molar refractivity (Wildman–Crippen MR) is 118 cm³/mol. The van der Waals surface area contributed by atoms with Gasteiger partial charge in [-0.3, -0.25) is 9.59 Å². The first-order valence-electron chi connectivity index (χ1n) is 10.4. The standard InChI is InChI=1S/C24H30N2O5/c1-29-20-7-4-17(5-8-20)15-23(27)25-19-10-12-26(13-11-19)24(28)16-18-6-9-21(30-2)22(14-18)31-3/h4-9,14,19H,10-13,15-16H2,1-3H3,(H,25,27). The third-order valence-corrected chi connectivity index (χ3v) is 5.54. The second kappa shape index (κ2) is 10.7. The number of likely N-dealkylation sites (tertiary alicyclic amines) is 1. The summed E-state index contributed by atoms with van der Waals surface area (Å²) in [6.45, 7) is 1.28. The van der Waals surface area contributed by atoms with Gasteiger partial charge in [-0.15, -0.1) is 0 Å². The number of hydrogen-bond acceptors (Lipinski definition) is 5. The van der Waals surface area contributed by atoms with Gasteiger partial charge in [0.1, 0.15) is 5.75 Å². The molecule has 0 saturated carbocycles. The van der Waals surface area contributed by atoms with Crippen LogP contribution in [0, 0.1) is 0 Å². The third kappa shape index (κ3) is 6.13. The minimum Gasteiger partial charge on any atom is -0.497 e. The summed E-state index contributed by atoms with van der Waals surface area (Å²) in [4.78, 5) is 26.9. The van der Waals surface area contributed by atoms with Crippen molar-refractivity contribution in [1.29, 1.82) is 0 Å². The second-order valence-corrected chi connectivity index (χ2v) is 7.61. The molecule has 31 heavy (non-hydrogen) atoms. The Hall–Kier alpha value is -3.22. The molecule has 1 aliphatic heterocycles. The van der Waals surface area contributed by atoms with Gasteiger partial charge in [0.05, 0.1) is 34.2 Å². The van der Waals surface area contributed by atoms with Gasteiger partial charge in [0.25, 0.3) is 0 Å². The Morgan fingerprint density at radius 3 is 2.13 bits per heavy atom. The zero-order chi connectivity index (χ0) is 22.2. The van der Waals surface area contributed by atoms with E-state index < -0.39 is 0 Å². The van der Waals surface area contributed by atoms with Crippen LogP contribution in [0.2, 0.25) is 0 Å². The van der Waals surface area contributed by atoms with Gasteiger partial charge in [-0.25, -0.2) is 0 Å². The van der Waals surface area contributed by atoms with Gasteiger partial charge in [-0.2, -0.15) is 0 Å². The van der Waals surface area contributed by atoms with Crippen molar-refractivity contribution in [3.05, 3.63) is 53.6 Å². The lowest BCUT2D eigenvalue weighted by Gasteiger charge is -2.32. The molecule has 2 amide bonds. The smallest absolute Gasteiger partial charge is 0.226 e. The first-order chi connectivity index (χ1) is 15.0. The van der Waals surface area contributed by atoms with Crippen molar-refractivity contribution in [3.8, 4) is 17.2 Å². The van der Waals surface area contributed by atoms with Gasteiger partial charge in [0.2, 0.25) is 11.8 Å². The number of ether oxygens (including phenoxy) is 3. The maximum Gasteiger partial charge on any atom is 0.226 e. The van der Waals surface area contributed by atoms with Crippen molar-refractivity contribution in [2.75, 3.05) is 34.4 Å². The monoisotopic (exact) mass is 426 g/mol. The molecule has 0 aromatic heterocycles. The zero-order valence-electron chi connectivity index (χ0n) is 18.3. The van der Waals surface area contributed by atoms with Crippen LogP contribution < -0.4 is 19.5 Å². The minimum atomic E-state index is 0.000251. The van der Waals surface area contributed by atoms with E-state index in [4.69, 9.17) is 14.2 Å². The molecule has 0 radical (unpaired) electrons. The Balaban J connectivity index is 1.45. The van der Waals surface area contributed by atoms with Gasteiger partial charge >= 0.3 is 0 Å². The van der Waals surface area contributed by atoms with Crippen molar-refractivity contribution >= 4 is 11.8 Å². The van der Waals surface area contributed by atoms with Crippen molar-refractivity contribution in [2.45, 2.75) is 31.7 Å². The Morgan fingerprint density at radius 1 is 0.871 bits per heavy atom. The van der Waals surface area contributed by atoms with Crippen LogP contribution in [-0.2, 0) is 22.4 Å². The maximum absolute atomic E-state index is 12.7. The van der Waals surface area contributed by atoms with E-state index in [9.17, 15) is 9.59 Å². The quantitative estimate of drug-likeness (QED) is 0.702. The van der Waals surface area contributed by atoms with E-state index in [1.165, 1.54) is 0 Å². The fraction of sp³-hybridized carbons (Fsp3) is 0.417. The van der Waals surface area contributed by atoms with Gasteiger partial charge < -0.3 is 24.4 Å². The molecule has 2 aromatic rings. The molecule has 7 heteroatoms. The summed E-state index contributed by atoms with van der Waals surface area (Å²) in [5, 5.41) is 3.09. The number of rotatable bonds is 8. The topological polar surface area (TPSA) is 77.1 Å². The highest BCUT2D eigenvalue weighted by Gasteiger charge is 2.24. The molecule has 1 aliphatic rings. The van der Waals surface area contributed by atoms with Crippen molar-refractivity contribution in [2.24, 2.45) is 0 Å². The van der Waals surface area contributed by atoms with E-state index in [1.54, 1.807) is 21.3 Å². The molecule has 2 aromatic carbocycles. The molecule has 7 nitrogen and oxygen atoms in total. The number of piperidine rings is 1. The molecule has 0 aliphatic carbocycles. The molecule has 166 valence electrons. The fourth-order valence-corrected chi connectivity index (χ4v) is 3.76. The number of carbonyl (C=O) groups is 2. The molecule has 1 saturated heterocycles. The molecular formula is C24H30N2O5. The van der Waals surface area contributed by atoms with Crippen LogP contribution in [0.1, 0.15) is 24.0 Å². The van der Waals surface area contributed by atoms with E-state index in [2.05, 4.69) is 5.32 Å². The van der Waals surface area contributed by atoms with Gasteiger partial charge in [-0.1, -0.05) is 18.2 Å². The van der Waals surface area contributed by atoms with Crippen molar-refractivity contribution < 1.29 is 23.8 Å². The molecule has 0 unspecified atom stereocenters. The molecular weight excluding hydrogens is 396 g/mol. The number of amides is 2. The second-order valence-electron chi connectivity index (χ2n) is 7.61. The van der Waals surface area contributed by atoms with E-state index in [0.29, 0.717) is 37.4 Å². The molecule has 3 rings (SSSR count). The number of hydrogen-bond donors (Lipinski definition) is 1. The number of carbonyl (C=O) groups excluding carboxylic acids is 2. The lowest BCUT2D eigenvalue weighted by Crippen LogP contribution is -2.47. The van der Waals surface area contributed by atoms with Crippen LogP contribution in [0.15, 0.2) is 42.5 Å². The van der Waals surface area contributed by atoms with Crippen molar-refractivity contribution in [1.82, 2.24) is 10.2 Å². The molecule has 0 spiro atoms. The number of methoxy groups -OCH3 is 3. The third-order valence-electron chi connectivity index (χ3n) is 5.54. The van der Waals surface area contributed by atoms with Crippen LogP contribution in [0.3, 0.4) is 0 Å². The summed E-state index contributed by atoms with van der Waals surface area (Å²) >= 11 is 0. The fourth-order valence-electron chi connectivity index (χ4n) is 3.76. The first kappa shape index (κ1) is 22.5. The summed E-state index contributed by atoms with van der Waals surface area (Å²) in [7, 11) is 4.78. The maximum atomic E-state index is 12.7. The Kier molecular flexibility index (Phi) is 7.76. The van der Waals surface area contributed by atoms with E-state index in [1.807, 2.05) is 47.4 Å². The lowest BCUT2D eigenvalue weighted by molar-refractivity contribution is -0.131. The van der Waals surface area contributed by atoms with Crippen LogP contribution in [0.5, 0.6) is 17.2 Å². The average Bonchev–Trinajstić information content (AvgIpc) is 2.79. The average molecular weight is 427 g/mol. The van der Waals surface area contributed by atoms with Crippen LogP contribution in [-0.4, -0.2) is 57.2 Å².